The summed E-state index contributed by atoms with van der Waals surface area (Å²) < 4.78 is 37.7. The Morgan fingerprint density at radius 3 is 2.43 bits per heavy atom. The maximum Gasteiger partial charge on any atom is 0.416 e. The van der Waals surface area contributed by atoms with Crippen LogP contribution in [0.15, 0.2) is 18.2 Å². The zero-order chi connectivity index (χ0) is 16.2. The Hall–Kier alpha value is -2.09. The van der Waals surface area contributed by atoms with Gasteiger partial charge >= 0.3 is 12.1 Å². The minimum absolute atomic E-state index is 0.0609. The molecule has 0 saturated heterocycles. The van der Waals surface area contributed by atoms with Crippen LogP contribution in [0.5, 0.6) is 0 Å². The number of aromatic carboxylic acids is 1. The second-order valence-electron chi connectivity index (χ2n) is 4.39. The van der Waals surface area contributed by atoms with Gasteiger partial charge in [-0.15, -0.1) is 0 Å². The standard InChI is InChI=1S/C13H15F3N2O3/c1-2-7(6-17)11(19)18-10-4-3-8(13(14,15)16)5-9(10)12(20)21/h3-5,7H,2,6,17H2,1H3,(H,18,19)(H,20,21). The van der Waals surface area contributed by atoms with E-state index in [9.17, 15) is 22.8 Å². The second kappa shape index (κ2) is 6.57. The van der Waals surface area contributed by atoms with Crippen LogP contribution in [-0.2, 0) is 11.0 Å². The molecule has 0 aliphatic rings. The van der Waals surface area contributed by atoms with E-state index in [2.05, 4.69) is 5.32 Å². The van der Waals surface area contributed by atoms with Gasteiger partial charge in [0, 0.05) is 6.54 Å². The highest BCUT2D eigenvalue weighted by atomic mass is 19.4. The Morgan fingerprint density at radius 1 is 1.38 bits per heavy atom. The summed E-state index contributed by atoms with van der Waals surface area (Å²) in [6.45, 7) is 1.79. The molecule has 116 valence electrons. The molecule has 0 heterocycles. The molecule has 1 aromatic carbocycles. The largest absolute Gasteiger partial charge is 0.478 e. The molecule has 4 N–H and O–H groups in total. The van der Waals surface area contributed by atoms with E-state index in [1.54, 1.807) is 6.92 Å². The van der Waals surface area contributed by atoms with Gasteiger partial charge in [-0.1, -0.05) is 6.92 Å². The van der Waals surface area contributed by atoms with Gasteiger partial charge in [-0.05, 0) is 24.6 Å². The monoisotopic (exact) mass is 304 g/mol. The van der Waals surface area contributed by atoms with Crippen LogP contribution < -0.4 is 11.1 Å². The van der Waals surface area contributed by atoms with Crippen molar-refractivity contribution in [2.24, 2.45) is 11.7 Å². The maximum atomic E-state index is 12.6. The third kappa shape index (κ3) is 4.19. The molecule has 1 aromatic rings. The first-order chi connectivity index (χ1) is 9.70. The molecule has 0 aliphatic carbocycles. The lowest BCUT2D eigenvalue weighted by Crippen LogP contribution is -2.29. The number of halogens is 3. The fourth-order valence-corrected chi connectivity index (χ4v) is 1.70. The zero-order valence-electron chi connectivity index (χ0n) is 11.2. The molecule has 0 bridgehead atoms. The van der Waals surface area contributed by atoms with Crippen molar-refractivity contribution in [2.75, 3.05) is 11.9 Å². The number of benzene rings is 1. The van der Waals surface area contributed by atoms with Gasteiger partial charge in [-0.25, -0.2) is 4.79 Å². The Morgan fingerprint density at radius 2 is 2.00 bits per heavy atom. The lowest BCUT2D eigenvalue weighted by molar-refractivity contribution is -0.137. The molecule has 1 atom stereocenters. The minimum atomic E-state index is -4.66. The van der Waals surface area contributed by atoms with E-state index in [1.165, 1.54) is 0 Å². The number of nitrogens with two attached hydrogens (primary N) is 1. The molecule has 0 aliphatic heterocycles. The molecule has 8 heteroatoms. The summed E-state index contributed by atoms with van der Waals surface area (Å²) >= 11 is 0. The third-order valence-corrected chi connectivity index (χ3v) is 2.98. The fourth-order valence-electron chi connectivity index (χ4n) is 1.70. The molecular formula is C13H15F3N2O3. The summed E-state index contributed by atoms with van der Waals surface area (Å²) in [5.74, 6) is -2.62. The van der Waals surface area contributed by atoms with E-state index in [1.807, 2.05) is 0 Å². The van der Waals surface area contributed by atoms with Crippen LogP contribution in [0.4, 0.5) is 18.9 Å². The average Bonchev–Trinajstić information content (AvgIpc) is 2.38. The Balaban J connectivity index is 3.13. The number of carbonyl (C=O) groups excluding carboxylic acids is 1. The highest BCUT2D eigenvalue weighted by Crippen LogP contribution is 2.32. The van der Waals surface area contributed by atoms with Crippen molar-refractivity contribution < 1.29 is 27.9 Å². The molecule has 0 aromatic heterocycles. The van der Waals surface area contributed by atoms with Gasteiger partial charge in [0.2, 0.25) is 5.91 Å². The Labute approximate surface area is 118 Å². The molecule has 0 fully saturated rings. The van der Waals surface area contributed by atoms with Crippen LogP contribution in [0.2, 0.25) is 0 Å². The smallest absolute Gasteiger partial charge is 0.416 e. The van der Waals surface area contributed by atoms with Crippen molar-refractivity contribution in [2.45, 2.75) is 19.5 Å². The van der Waals surface area contributed by atoms with Crippen molar-refractivity contribution in [1.82, 2.24) is 0 Å². The number of hydrogen-bond donors (Lipinski definition) is 3. The Kier molecular flexibility index (Phi) is 5.31. The molecule has 21 heavy (non-hydrogen) atoms. The molecule has 1 amide bonds. The summed E-state index contributed by atoms with van der Waals surface area (Å²) in [7, 11) is 0. The number of nitrogens with one attached hydrogen (secondary N) is 1. The van der Waals surface area contributed by atoms with Gasteiger partial charge in [-0.3, -0.25) is 4.79 Å². The van der Waals surface area contributed by atoms with Crippen LogP contribution in [0.1, 0.15) is 29.3 Å². The summed E-state index contributed by atoms with van der Waals surface area (Å²) in [5.41, 5.74) is 3.49. The molecule has 5 nitrogen and oxygen atoms in total. The predicted molar refractivity (Wildman–Crippen MR) is 69.9 cm³/mol. The number of carboxylic acids is 1. The average molecular weight is 304 g/mol. The first kappa shape index (κ1) is 17.0. The number of carbonyl (C=O) groups is 2. The highest BCUT2D eigenvalue weighted by Gasteiger charge is 2.32. The number of carboxylic acid groups (broad SMARTS) is 1. The SMILES string of the molecule is CCC(CN)C(=O)Nc1ccc(C(F)(F)F)cc1C(=O)O. The van der Waals surface area contributed by atoms with E-state index < -0.39 is 35.1 Å². The maximum absolute atomic E-state index is 12.6. The van der Waals surface area contributed by atoms with Crippen LogP contribution in [-0.4, -0.2) is 23.5 Å². The van der Waals surface area contributed by atoms with E-state index in [0.29, 0.717) is 18.6 Å². The van der Waals surface area contributed by atoms with Crippen molar-refractivity contribution in [3.63, 3.8) is 0 Å². The minimum Gasteiger partial charge on any atom is -0.478 e. The van der Waals surface area contributed by atoms with Crippen LogP contribution in [0.3, 0.4) is 0 Å². The van der Waals surface area contributed by atoms with Gasteiger partial charge in [-0.2, -0.15) is 13.2 Å². The molecular weight excluding hydrogens is 289 g/mol. The first-order valence-electron chi connectivity index (χ1n) is 6.16. The predicted octanol–water partition coefficient (Wildman–Crippen LogP) is 2.33. The van der Waals surface area contributed by atoms with Gasteiger partial charge in [0.15, 0.2) is 0 Å². The van der Waals surface area contributed by atoms with Crippen LogP contribution in [0, 0.1) is 5.92 Å². The van der Waals surface area contributed by atoms with E-state index in [4.69, 9.17) is 10.8 Å². The van der Waals surface area contributed by atoms with Crippen molar-refractivity contribution >= 4 is 17.6 Å². The van der Waals surface area contributed by atoms with E-state index >= 15 is 0 Å². The van der Waals surface area contributed by atoms with Crippen molar-refractivity contribution in [3.05, 3.63) is 29.3 Å². The molecule has 1 rings (SSSR count). The number of hydrogen-bond acceptors (Lipinski definition) is 3. The number of anilines is 1. The van der Waals surface area contributed by atoms with Crippen molar-refractivity contribution in [1.29, 1.82) is 0 Å². The van der Waals surface area contributed by atoms with E-state index in [-0.39, 0.29) is 12.2 Å². The summed E-state index contributed by atoms with van der Waals surface area (Å²) in [4.78, 5) is 22.9. The third-order valence-electron chi connectivity index (χ3n) is 2.98. The highest BCUT2D eigenvalue weighted by molar-refractivity contribution is 6.01. The zero-order valence-corrected chi connectivity index (χ0v) is 11.2. The fraction of sp³-hybridized carbons (Fsp3) is 0.385. The van der Waals surface area contributed by atoms with Gasteiger partial charge < -0.3 is 16.2 Å². The Bertz CT molecular complexity index is 540. The quantitative estimate of drug-likeness (QED) is 0.778. The topological polar surface area (TPSA) is 92.4 Å². The van der Waals surface area contributed by atoms with Crippen LogP contribution in [0.25, 0.3) is 0 Å². The van der Waals surface area contributed by atoms with Gasteiger partial charge in [0.1, 0.15) is 0 Å². The summed E-state index contributed by atoms with van der Waals surface area (Å²) in [6, 6.07) is 2.13. The van der Waals surface area contributed by atoms with Gasteiger partial charge in [0.25, 0.3) is 0 Å². The summed E-state index contributed by atoms with van der Waals surface area (Å²) in [6.07, 6.45) is -4.22. The first-order valence-corrected chi connectivity index (χ1v) is 6.16. The second-order valence-corrected chi connectivity index (χ2v) is 4.39. The molecule has 0 spiro atoms. The lowest BCUT2D eigenvalue weighted by Gasteiger charge is -2.15. The normalized spacial score (nSPS) is 12.8. The number of alkyl halides is 3. The summed E-state index contributed by atoms with van der Waals surface area (Å²) in [5, 5.41) is 11.3. The van der Waals surface area contributed by atoms with Gasteiger partial charge in [0.05, 0.1) is 22.7 Å². The van der Waals surface area contributed by atoms with E-state index in [0.717, 1.165) is 6.07 Å². The molecule has 0 radical (unpaired) electrons. The lowest BCUT2D eigenvalue weighted by atomic mass is 10.0. The molecule has 1 unspecified atom stereocenters. The van der Waals surface area contributed by atoms with Crippen LogP contribution >= 0.6 is 0 Å². The van der Waals surface area contributed by atoms with Crippen molar-refractivity contribution in [3.8, 4) is 0 Å². The number of rotatable bonds is 5. The molecule has 0 saturated carbocycles. The number of amides is 1.